The molecule has 4 nitrogen and oxygen atoms in total. The molecule has 0 aromatic heterocycles. The van der Waals surface area contributed by atoms with Crippen molar-refractivity contribution in [1.29, 1.82) is 0 Å². The van der Waals surface area contributed by atoms with Crippen LogP contribution in [0.4, 0.5) is 0 Å². The summed E-state index contributed by atoms with van der Waals surface area (Å²) in [6.45, 7) is 3.33. The van der Waals surface area contributed by atoms with E-state index in [-0.39, 0.29) is 11.8 Å². The highest BCUT2D eigenvalue weighted by atomic mass is 16.4. The number of carbonyl (C=O) groups excluding carboxylic acids is 1. The number of carboxylic acids is 1. The van der Waals surface area contributed by atoms with Gasteiger partial charge in [0.05, 0.1) is 5.92 Å². The molecule has 0 bridgehead atoms. The molecule has 4 heteroatoms. The van der Waals surface area contributed by atoms with E-state index in [0.717, 1.165) is 25.8 Å². The molecule has 0 unspecified atom stereocenters. The smallest absolute Gasteiger partial charge is 0.308 e. The molecule has 1 amide bonds. The van der Waals surface area contributed by atoms with Gasteiger partial charge in [-0.15, -0.1) is 0 Å². The number of likely N-dealkylation sites (tertiary alicyclic amines) is 1. The quantitative estimate of drug-likeness (QED) is 0.689. The summed E-state index contributed by atoms with van der Waals surface area (Å²) in [4.78, 5) is 24.7. The number of hydrogen-bond donors (Lipinski definition) is 1. The van der Waals surface area contributed by atoms with E-state index in [1.54, 1.807) is 4.90 Å². The van der Waals surface area contributed by atoms with Crippen LogP contribution in [0.2, 0.25) is 0 Å². The maximum atomic E-state index is 12.0. The molecule has 0 spiro atoms. The highest BCUT2D eigenvalue weighted by Crippen LogP contribution is 2.18. The highest BCUT2D eigenvalue weighted by Gasteiger charge is 2.27. The van der Waals surface area contributed by atoms with E-state index in [1.165, 1.54) is 25.7 Å². The van der Waals surface area contributed by atoms with Crippen molar-refractivity contribution in [3.63, 3.8) is 0 Å². The minimum absolute atomic E-state index is 0.140. The lowest BCUT2D eigenvalue weighted by molar-refractivity contribution is -0.145. The van der Waals surface area contributed by atoms with Crippen molar-refractivity contribution in [2.75, 3.05) is 13.1 Å². The van der Waals surface area contributed by atoms with Crippen molar-refractivity contribution in [2.24, 2.45) is 5.92 Å². The van der Waals surface area contributed by atoms with Crippen LogP contribution in [0.3, 0.4) is 0 Å². The predicted octanol–water partition coefficient (Wildman–Crippen LogP) is 3.06. The average molecular weight is 269 g/mol. The van der Waals surface area contributed by atoms with Crippen LogP contribution in [0.15, 0.2) is 0 Å². The maximum absolute atomic E-state index is 12.0. The molecule has 19 heavy (non-hydrogen) atoms. The second-order valence-electron chi connectivity index (χ2n) is 5.53. The van der Waals surface area contributed by atoms with Crippen LogP contribution in [0.1, 0.15) is 64.7 Å². The van der Waals surface area contributed by atoms with E-state index >= 15 is 0 Å². The molecule has 1 atom stereocenters. The lowest BCUT2D eigenvalue weighted by Crippen LogP contribution is -2.42. The van der Waals surface area contributed by atoms with Crippen LogP contribution < -0.4 is 0 Å². The Labute approximate surface area is 116 Å². The first-order chi connectivity index (χ1) is 9.15. The molecule has 1 rings (SSSR count). The van der Waals surface area contributed by atoms with Gasteiger partial charge in [-0.1, -0.05) is 39.0 Å². The molecule has 0 aromatic carbocycles. The van der Waals surface area contributed by atoms with Gasteiger partial charge in [0.15, 0.2) is 0 Å². The fourth-order valence-corrected chi connectivity index (χ4v) is 2.62. The normalized spacial score (nSPS) is 19.4. The average Bonchev–Trinajstić information content (AvgIpc) is 2.42. The van der Waals surface area contributed by atoms with Crippen molar-refractivity contribution in [3.05, 3.63) is 0 Å². The van der Waals surface area contributed by atoms with Crippen molar-refractivity contribution < 1.29 is 14.7 Å². The van der Waals surface area contributed by atoms with Gasteiger partial charge in [0.2, 0.25) is 5.91 Å². The van der Waals surface area contributed by atoms with E-state index in [0.29, 0.717) is 19.4 Å². The monoisotopic (exact) mass is 269 g/mol. The minimum Gasteiger partial charge on any atom is -0.481 e. The number of aliphatic carboxylic acids is 1. The largest absolute Gasteiger partial charge is 0.481 e. The molecule has 0 radical (unpaired) electrons. The molecular formula is C15H27NO3. The highest BCUT2D eigenvalue weighted by molar-refractivity contribution is 5.78. The molecule has 1 N–H and O–H groups in total. The summed E-state index contributed by atoms with van der Waals surface area (Å²) in [6.07, 6.45) is 9.14. The van der Waals surface area contributed by atoms with Crippen LogP contribution in [0, 0.1) is 5.92 Å². The summed E-state index contributed by atoms with van der Waals surface area (Å²) in [5.74, 6) is -0.985. The number of nitrogens with zero attached hydrogens (tertiary/aromatic N) is 1. The van der Waals surface area contributed by atoms with Gasteiger partial charge < -0.3 is 10.0 Å². The summed E-state index contributed by atoms with van der Waals surface area (Å²) in [7, 11) is 0. The third kappa shape index (κ3) is 6.08. The van der Waals surface area contributed by atoms with Gasteiger partial charge >= 0.3 is 5.97 Å². The third-order valence-corrected chi connectivity index (χ3v) is 3.87. The molecule has 110 valence electrons. The van der Waals surface area contributed by atoms with E-state index in [9.17, 15) is 9.59 Å². The summed E-state index contributed by atoms with van der Waals surface area (Å²) >= 11 is 0. The number of piperidine rings is 1. The first-order valence-electron chi connectivity index (χ1n) is 7.65. The van der Waals surface area contributed by atoms with Gasteiger partial charge in [-0.25, -0.2) is 0 Å². The maximum Gasteiger partial charge on any atom is 0.308 e. The molecule has 1 aliphatic rings. The lowest BCUT2D eigenvalue weighted by atomic mass is 9.98. The Morgan fingerprint density at radius 3 is 2.53 bits per heavy atom. The minimum atomic E-state index is -0.767. The lowest BCUT2D eigenvalue weighted by Gasteiger charge is -2.30. The Hall–Kier alpha value is -1.06. The van der Waals surface area contributed by atoms with Crippen LogP contribution in [-0.4, -0.2) is 35.0 Å². The molecular weight excluding hydrogens is 242 g/mol. The zero-order chi connectivity index (χ0) is 14.1. The molecule has 0 aliphatic carbocycles. The Kier molecular flexibility index (Phi) is 7.53. The number of carboxylic acid groups (broad SMARTS) is 1. The Bertz CT molecular complexity index is 291. The van der Waals surface area contributed by atoms with Crippen molar-refractivity contribution >= 4 is 11.9 Å². The van der Waals surface area contributed by atoms with E-state index < -0.39 is 5.97 Å². The molecule has 0 aromatic rings. The van der Waals surface area contributed by atoms with Gasteiger partial charge in [0, 0.05) is 19.5 Å². The van der Waals surface area contributed by atoms with Gasteiger partial charge in [0.25, 0.3) is 0 Å². The predicted molar refractivity (Wildman–Crippen MR) is 74.9 cm³/mol. The summed E-state index contributed by atoms with van der Waals surface area (Å²) in [6, 6.07) is 0. The van der Waals surface area contributed by atoms with Crippen LogP contribution in [0.25, 0.3) is 0 Å². The molecule has 0 saturated carbocycles. The number of carbonyl (C=O) groups is 2. The van der Waals surface area contributed by atoms with Crippen molar-refractivity contribution in [2.45, 2.75) is 64.7 Å². The van der Waals surface area contributed by atoms with Crippen molar-refractivity contribution in [1.82, 2.24) is 4.90 Å². The van der Waals surface area contributed by atoms with Gasteiger partial charge in [0.1, 0.15) is 0 Å². The third-order valence-electron chi connectivity index (χ3n) is 3.87. The number of hydrogen-bond acceptors (Lipinski definition) is 2. The molecule has 1 aliphatic heterocycles. The molecule has 1 fully saturated rings. The second kappa shape index (κ2) is 8.94. The van der Waals surface area contributed by atoms with Gasteiger partial charge in [-0.3, -0.25) is 9.59 Å². The molecule has 1 saturated heterocycles. The SMILES string of the molecule is CCCCCCCCC(=O)N1CCC[C@H](C(=O)O)C1. The zero-order valence-electron chi connectivity index (χ0n) is 12.1. The Morgan fingerprint density at radius 1 is 1.16 bits per heavy atom. The van der Waals surface area contributed by atoms with E-state index in [1.807, 2.05) is 0 Å². The van der Waals surface area contributed by atoms with Crippen molar-refractivity contribution in [3.8, 4) is 0 Å². The standard InChI is InChI=1S/C15H27NO3/c1-2-3-4-5-6-7-10-14(17)16-11-8-9-13(12-16)15(18)19/h13H,2-12H2,1H3,(H,18,19)/t13-/m0/s1. The topological polar surface area (TPSA) is 57.6 Å². The number of rotatable bonds is 8. The van der Waals surface area contributed by atoms with Crippen LogP contribution in [-0.2, 0) is 9.59 Å². The Morgan fingerprint density at radius 2 is 1.84 bits per heavy atom. The summed E-state index contributed by atoms with van der Waals surface area (Å²) < 4.78 is 0. The van der Waals surface area contributed by atoms with E-state index in [2.05, 4.69) is 6.92 Å². The van der Waals surface area contributed by atoms with Gasteiger partial charge in [-0.2, -0.15) is 0 Å². The summed E-state index contributed by atoms with van der Waals surface area (Å²) in [5.41, 5.74) is 0. The van der Waals surface area contributed by atoms with E-state index in [4.69, 9.17) is 5.11 Å². The van der Waals surface area contributed by atoms with Crippen LogP contribution >= 0.6 is 0 Å². The number of amides is 1. The van der Waals surface area contributed by atoms with Crippen LogP contribution in [0.5, 0.6) is 0 Å². The number of unbranched alkanes of at least 4 members (excludes halogenated alkanes) is 5. The fraction of sp³-hybridized carbons (Fsp3) is 0.867. The first kappa shape index (κ1) is 16.0. The first-order valence-corrected chi connectivity index (χ1v) is 7.65. The zero-order valence-corrected chi connectivity index (χ0v) is 12.1. The molecule has 1 heterocycles. The Balaban J connectivity index is 2.16. The second-order valence-corrected chi connectivity index (χ2v) is 5.53. The summed E-state index contributed by atoms with van der Waals surface area (Å²) in [5, 5.41) is 9.00. The van der Waals surface area contributed by atoms with Gasteiger partial charge in [-0.05, 0) is 19.3 Å². The fourth-order valence-electron chi connectivity index (χ4n) is 2.62.